The van der Waals surface area contributed by atoms with Crippen LogP contribution in [0.4, 0.5) is 11.9 Å². The molecule has 144 valence electrons. The van der Waals surface area contributed by atoms with Crippen LogP contribution in [0.5, 0.6) is 0 Å². The molecular formula is C20H28N6O. The monoisotopic (exact) mass is 368 g/mol. The number of piperidine rings is 1. The molecule has 0 radical (unpaired) electrons. The molecule has 1 aliphatic heterocycles. The van der Waals surface area contributed by atoms with E-state index in [1.807, 2.05) is 49.3 Å². The van der Waals surface area contributed by atoms with Crippen molar-refractivity contribution in [2.45, 2.75) is 38.6 Å². The lowest BCUT2D eigenvalue weighted by molar-refractivity contribution is -0.121. The first-order valence-electron chi connectivity index (χ1n) is 9.59. The summed E-state index contributed by atoms with van der Waals surface area (Å²) in [6.45, 7) is 2.26. The summed E-state index contributed by atoms with van der Waals surface area (Å²) < 4.78 is 0. The first kappa shape index (κ1) is 19.1. The van der Waals surface area contributed by atoms with E-state index in [1.165, 1.54) is 6.42 Å². The van der Waals surface area contributed by atoms with Crippen LogP contribution in [0.15, 0.2) is 30.3 Å². The molecule has 1 N–H and O–H groups in total. The van der Waals surface area contributed by atoms with Gasteiger partial charge in [-0.1, -0.05) is 30.3 Å². The smallest absolute Gasteiger partial charge is 0.230 e. The number of aromatic nitrogens is 3. The summed E-state index contributed by atoms with van der Waals surface area (Å²) in [4.78, 5) is 29.9. The summed E-state index contributed by atoms with van der Waals surface area (Å²) >= 11 is 0. The van der Waals surface area contributed by atoms with Gasteiger partial charge < -0.3 is 15.1 Å². The Morgan fingerprint density at radius 1 is 1.07 bits per heavy atom. The van der Waals surface area contributed by atoms with E-state index in [0.717, 1.165) is 37.9 Å². The molecule has 0 atom stereocenters. The number of carbonyl (C=O) groups excluding carboxylic acids is 1. The molecule has 1 aromatic carbocycles. The molecule has 1 aromatic heterocycles. The molecule has 0 saturated carbocycles. The second-order valence-corrected chi connectivity index (χ2v) is 7.06. The summed E-state index contributed by atoms with van der Waals surface area (Å²) in [7, 11) is 3.83. The fourth-order valence-electron chi connectivity index (χ4n) is 3.08. The highest BCUT2D eigenvalue weighted by atomic mass is 16.1. The first-order chi connectivity index (χ1) is 13.1. The van der Waals surface area contributed by atoms with Crippen molar-refractivity contribution in [1.82, 2.24) is 20.3 Å². The van der Waals surface area contributed by atoms with Gasteiger partial charge in [-0.2, -0.15) is 15.0 Å². The topological polar surface area (TPSA) is 74.2 Å². The Balaban J connectivity index is 1.61. The van der Waals surface area contributed by atoms with Gasteiger partial charge in [0.1, 0.15) is 0 Å². The predicted molar refractivity (Wildman–Crippen MR) is 107 cm³/mol. The average molecular weight is 368 g/mol. The van der Waals surface area contributed by atoms with E-state index in [4.69, 9.17) is 0 Å². The largest absolute Gasteiger partial charge is 0.349 e. The molecule has 0 bridgehead atoms. The maximum Gasteiger partial charge on any atom is 0.230 e. The van der Waals surface area contributed by atoms with E-state index < -0.39 is 0 Å². The standard InChI is InChI=1S/C20H28N6O/c1-25(2)19-22-17(23-20(24-19)26-13-7-4-8-14-26)15-21-18(27)12-11-16-9-5-3-6-10-16/h3,5-6,9-10H,4,7-8,11-15H2,1-2H3,(H,21,27). The quantitative estimate of drug-likeness (QED) is 0.807. The highest BCUT2D eigenvalue weighted by Crippen LogP contribution is 2.17. The lowest BCUT2D eigenvalue weighted by atomic mass is 10.1. The summed E-state index contributed by atoms with van der Waals surface area (Å²) in [5.41, 5.74) is 1.16. The molecule has 7 nitrogen and oxygen atoms in total. The summed E-state index contributed by atoms with van der Waals surface area (Å²) in [6.07, 6.45) is 4.76. The number of amides is 1. The molecule has 7 heteroatoms. The summed E-state index contributed by atoms with van der Waals surface area (Å²) in [5, 5.41) is 2.94. The summed E-state index contributed by atoms with van der Waals surface area (Å²) in [5.74, 6) is 1.94. The van der Waals surface area contributed by atoms with Crippen LogP contribution in [0.3, 0.4) is 0 Å². The number of rotatable bonds is 7. The Labute approximate surface area is 160 Å². The van der Waals surface area contributed by atoms with Crippen LogP contribution in [0, 0.1) is 0 Å². The molecular weight excluding hydrogens is 340 g/mol. The van der Waals surface area contributed by atoms with Gasteiger partial charge in [-0.15, -0.1) is 0 Å². The second-order valence-electron chi connectivity index (χ2n) is 7.06. The molecule has 0 spiro atoms. The Hall–Kier alpha value is -2.70. The zero-order valence-electron chi connectivity index (χ0n) is 16.2. The molecule has 1 saturated heterocycles. The van der Waals surface area contributed by atoms with Crippen LogP contribution >= 0.6 is 0 Å². The fourth-order valence-corrected chi connectivity index (χ4v) is 3.08. The van der Waals surface area contributed by atoms with E-state index in [1.54, 1.807) is 0 Å². The van der Waals surface area contributed by atoms with Gasteiger partial charge in [-0.05, 0) is 31.2 Å². The predicted octanol–water partition coefficient (Wildman–Crippen LogP) is 2.18. The summed E-state index contributed by atoms with van der Waals surface area (Å²) in [6, 6.07) is 10.0. The number of aryl methyl sites for hydroxylation is 1. The van der Waals surface area contributed by atoms with Crippen LogP contribution < -0.4 is 15.1 Å². The molecule has 3 rings (SSSR count). The fraction of sp³-hybridized carbons (Fsp3) is 0.500. The van der Waals surface area contributed by atoms with Crippen LogP contribution in [0.1, 0.15) is 37.1 Å². The van der Waals surface area contributed by atoms with E-state index >= 15 is 0 Å². The van der Waals surface area contributed by atoms with Crippen molar-refractivity contribution >= 4 is 17.8 Å². The van der Waals surface area contributed by atoms with E-state index in [9.17, 15) is 4.79 Å². The lowest BCUT2D eigenvalue weighted by Gasteiger charge is -2.27. The average Bonchev–Trinajstić information content (AvgIpc) is 2.72. The highest BCUT2D eigenvalue weighted by Gasteiger charge is 2.17. The molecule has 0 unspecified atom stereocenters. The molecule has 0 aliphatic carbocycles. The van der Waals surface area contributed by atoms with Crippen LogP contribution in [-0.4, -0.2) is 48.0 Å². The highest BCUT2D eigenvalue weighted by molar-refractivity contribution is 5.76. The minimum Gasteiger partial charge on any atom is -0.349 e. The molecule has 1 aliphatic rings. The number of nitrogens with one attached hydrogen (secondary N) is 1. The van der Waals surface area contributed by atoms with Crippen LogP contribution in [0.2, 0.25) is 0 Å². The minimum absolute atomic E-state index is 0.00481. The number of anilines is 2. The van der Waals surface area contributed by atoms with Crippen LogP contribution in [0.25, 0.3) is 0 Å². The van der Waals surface area contributed by atoms with Gasteiger partial charge in [0.25, 0.3) is 0 Å². The zero-order valence-corrected chi connectivity index (χ0v) is 16.2. The Morgan fingerprint density at radius 3 is 2.52 bits per heavy atom. The van der Waals surface area contributed by atoms with Crippen molar-refractivity contribution in [3.8, 4) is 0 Å². The second kappa shape index (κ2) is 9.30. The maximum atomic E-state index is 12.2. The number of carbonyl (C=O) groups is 1. The van der Waals surface area contributed by atoms with Crippen molar-refractivity contribution in [2.75, 3.05) is 37.0 Å². The molecule has 1 amide bonds. The van der Waals surface area contributed by atoms with Crippen molar-refractivity contribution in [3.63, 3.8) is 0 Å². The maximum absolute atomic E-state index is 12.2. The third-order valence-electron chi connectivity index (χ3n) is 4.62. The Bertz CT molecular complexity index is 743. The van der Waals surface area contributed by atoms with Gasteiger partial charge in [-0.25, -0.2) is 0 Å². The van der Waals surface area contributed by atoms with Gasteiger partial charge in [0.2, 0.25) is 17.8 Å². The van der Waals surface area contributed by atoms with Gasteiger partial charge in [0.05, 0.1) is 6.54 Å². The molecule has 2 heterocycles. The number of nitrogens with zero attached hydrogens (tertiary/aromatic N) is 5. The normalized spacial score (nSPS) is 14.1. The van der Waals surface area contributed by atoms with Crippen molar-refractivity contribution in [2.24, 2.45) is 0 Å². The number of hydrogen-bond donors (Lipinski definition) is 1. The van der Waals surface area contributed by atoms with E-state index in [-0.39, 0.29) is 5.91 Å². The molecule has 2 aromatic rings. The van der Waals surface area contributed by atoms with Crippen molar-refractivity contribution in [1.29, 1.82) is 0 Å². The first-order valence-corrected chi connectivity index (χ1v) is 9.59. The minimum atomic E-state index is 0.00481. The van der Waals surface area contributed by atoms with Crippen LogP contribution in [-0.2, 0) is 17.8 Å². The molecule has 27 heavy (non-hydrogen) atoms. The van der Waals surface area contributed by atoms with Gasteiger partial charge in [0.15, 0.2) is 5.82 Å². The lowest BCUT2D eigenvalue weighted by Crippen LogP contribution is -2.33. The Kier molecular flexibility index (Phi) is 6.57. The third kappa shape index (κ3) is 5.64. The zero-order chi connectivity index (χ0) is 19.1. The van der Waals surface area contributed by atoms with E-state index in [2.05, 4.69) is 25.2 Å². The van der Waals surface area contributed by atoms with Gasteiger partial charge in [0, 0.05) is 33.6 Å². The number of benzene rings is 1. The van der Waals surface area contributed by atoms with Gasteiger partial charge in [-0.3, -0.25) is 4.79 Å². The Morgan fingerprint density at radius 2 is 1.81 bits per heavy atom. The SMILES string of the molecule is CN(C)c1nc(CNC(=O)CCc2ccccc2)nc(N2CCCCC2)n1. The van der Waals surface area contributed by atoms with Crippen molar-refractivity contribution in [3.05, 3.63) is 41.7 Å². The third-order valence-corrected chi connectivity index (χ3v) is 4.62. The molecule has 1 fully saturated rings. The number of hydrogen-bond acceptors (Lipinski definition) is 6. The van der Waals surface area contributed by atoms with Crippen molar-refractivity contribution < 1.29 is 4.79 Å². The van der Waals surface area contributed by atoms with E-state index in [0.29, 0.717) is 30.7 Å². The van der Waals surface area contributed by atoms with Gasteiger partial charge >= 0.3 is 0 Å².